The smallest absolute Gasteiger partial charge is 0.410 e. The average Bonchev–Trinajstić information content (AvgIpc) is 2.59. The molecule has 1 saturated heterocycles. The molecule has 0 aliphatic carbocycles. The van der Waals surface area contributed by atoms with Gasteiger partial charge in [-0.1, -0.05) is 0 Å². The van der Waals surface area contributed by atoms with E-state index in [1.165, 1.54) is 0 Å². The number of nitrogens with zero attached hydrogens (tertiary/aromatic N) is 3. The number of rotatable bonds is 4. The highest BCUT2D eigenvalue weighted by Gasteiger charge is 2.33. The molecule has 1 aromatic heterocycles. The molecule has 124 valence electrons. The van der Waals surface area contributed by atoms with Crippen LogP contribution in [0.2, 0.25) is 0 Å². The topological polar surface area (TPSA) is 68.6 Å². The number of aryl methyl sites for hydroxylation is 2. The Kier molecular flexibility index (Phi) is 4.65. The van der Waals surface area contributed by atoms with Crippen LogP contribution < -0.4 is 10.1 Å². The minimum absolute atomic E-state index is 0.249. The van der Waals surface area contributed by atoms with E-state index >= 15 is 0 Å². The Bertz CT molecular complexity index is 542. The Morgan fingerprint density at radius 2 is 2.05 bits per heavy atom. The van der Waals surface area contributed by atoms with Gasteiger partial charge < -0.3 is 19.7 Å². The average molecular weight is 310 g/mol. The van der Waals surface area contributed by atoms with Gasteiger partial charge in [0.15, 0.2) is 0 Å². The van der Waals surface area contributed by atoms with Crippen molar-refractivity contribution in [3.05, 3.63) is 11.3 Å². The number of hydrogen-bond donors (Lipinski definition) is 1. The van der Waals surface area contributed by atoms with Crippen molar-refractivity contribution in [2.45, 2.75) is 45.9 Å². The molecule has 0 spiro atoms. The first kappa shape index (κ1) is 16.6. The van der Waals surface area contributed by atoms with E-state index < -0.39 is 5.60 Å². The zero-order valence-electron chi connectivity index (χ0n) is 14.3. The number of carbonyl (C=O) groups is 1. The molecule has 7 heteroatoms. The molecule has 7 nitrogen and oxygen atoms in total. The number of methoxy groups -OCH3 is 1. The summed E-state index contributed by atoms with van der Waals surface area (Å²) in [6, 6.07) is 0.275. The van der Waals surface area contributed by atoms with Crippen molar-refractivity contribution in [1.29, 1.82) is 0 Å². The Balaban J connectivity index is 1.81. The third-order valence-corrected chi connectivity index (χ3v) is 3.58. The highest BCUT2D eigenvalue weighted by molar-refractivity contribution is 5.69. The lowest BCUT2D eigenvalue weighted by molar-refractivity contribution is 0.00516. The highest BCUT2D eigenvalue weighted by Crippen LogP contribution is 2.21. The number of likely N-dealkylation sites (tertiary alicyclic amines) is 1. The molecular weight excluding hydrogens is 284 g/mol. The van der Waals surface area contributed by atoms with Crippen LogP contribution in [0, 0.1) is 6.92 Å². The van der Waals surface area contributed by atoms with Crippen molar-refractivity contribution >= 4 is 6.09 Å². The zero-order valence-corrected chi connectivity index (χ0v) is 14.3. The van der Waals surface area contributed by atoms with Crippen LogP contribution >= 0.6 is 0 Å². The fourth-order valence-electron chi connectivity index (χ4n) is 2.47. The van der Waals surface area contributed by atoms with Crippen LogP contribution in [0.4, 0.5) is 4.79 Å². The van der Waals surface area contributed by atoms with Crippen molar-refractivity contribution in [1.82, 2.24) is 20.0 Å². The largest absolute Gasteiger partial charge is 0.481 e. The molecule has 0 radical (unpaired) electrons. The summed E-state index contributed by atoms with van der Waals surface area (Å²) in [5, 5.41) is 7.78. The monoisotopic (exact) mass is 310 g/mol. The van der Waals surface area contributed by atoms with Gasteiger partial charge in [0, 0.05) is 32.7 Å². The number of carbonyl (C=O) groups excluding carboxylic acids is 1. The minimum atomic E-state index is -0.449. The van der Waals surface area contributed by atoms with Gasteiger partial charge in [-0.3, -0.25) is 0 Å². The fraction of sp³-hybridized carbons (Fsp3) is 0.733. The SMILES string of the molecule is COc1c(CNC2CN(C(=O)OC(C)(C)C)C2)c(C)nn1C. The van der Waals surface area contributed by atoms with Crippen molar-refractivity contribution < 1.29 is 14.3 Å². The van der Waals surface area contributed by atoms with E-state index in [1.807, 2.05) is 34.7 Å². The molecule has 0 saturated carbocycles. The van der Waals surface area contributed by atoms with Crippen LogP contribution in [0.1, 0.15) is 32.0 Å². The molecule has 0 unspecified atom stereocenters. The molecule has 2 heterocycles. The maximum absolute atomic E-state index is 11.9. The van der Waals surface area contributed by atoms with Gasteiger partial charge in [0.2, 0.25) is 5.88 Å². The van der Waals surface area contributed by atoms with Gasteiger partial charge in [-0.2, -0.15) is 5.10 Å². The van der Waals surface area contributed by atoms with E-state index in [1.54, 1.807) is 16.7 Å². The molecule has 1 aliphatic rings. The number of hydrogen-bond acceptors (Lipinski definition) is 5. The van der Waals surface area contributed by atoms with E-state index in [0.29, 0.717) is 19.6 Å². The second-order valence-electron chi connectivity index (χ2n) is 6.66. The van der Waals surface area contributed by atoms with Gasteiger partial charge in [-0.05, 0) is 27.7 Å². The van der Waals surface area contributed by atoms with E-state index in [0.717, 1.165) is 17.1 Å². The first-order chi connectivity index (χ1) is 10.2. The van der Waals surface area contributed by atoms with Gasteiger partial charge in [0.1, 0.15) is 5.60 Å². The van der Waals surface area contributed by atoms with E-state index in [2.05, 4.69) is 10.4 Å². The maximum Gasteiger partial charge on any atom is 0.410 e. The summed E-state index contributed by atoms with van der Waals surface area (Å²) in [6.45, 7) is 9.59. The first-order valence-electron chi connectivity index (χ1n) is 7.49. The molecule has 1 aliphatic heterocycles. The normalized spacial score (nSPS) is 15.6. The lowest BCUT2D eigenvalue weighted by Crippen LogP contribution is -2.60. The summed E-state index contributed by atoms with van der Waals surface area (Å²) < 4.78 is 12.4. The van der Waals surface area contributed by atoms with Crippen LogP contribution in [0.15, 0.2) is 0 Å². The van der Waals surface area contributed by atoms with Crippen LogP contribution in [-0.2, 0) is 18.3 Å². The Morgan fingerprint density at radius 1 is 1.41 bits per heavy atom. The Hall–Kier alpha value is -1.76. The summed E-state index contributed by atoms with van der Waals surface area (Å²) >= 11 is 0. The minimum Gasteiger partial charge on any atom is -0.481 e. The number of amides is 1. The van der Waals surface area contributed by atoms with Crippen LogP contribution in [0.25, 0.3) is 0 Å². The molecular formula is C15H26N4O3. The Morgan fingerprint density at radius 3 is 2.59 bits per heavy atom. The summed E-state index contributed by atoms with van der Waals surface area (Å²) in [5.74, 6) is 0.772. The van der Waals surface area contributed by atoms with Gasteiger partial charge in [0.05, 0.1) is 18.4 Å². The molecule has 0 atom stereocenters. The van der Waals surface area contributed by atoms with Gasteiger partial charge >= 0.3 is 6.09 Å². The fourth-order valence-corrected chi connectivity index (χ4v) is 2.47. The van der Waals surface area contributed by atoms with Crippen molar-refractivity contribution in [3.63, 3.8) is 0 Å². The molecule has 1 amide bonds. The summed E-state index contributed by atoms with van der Waals surface area (Å²) in [7, 11) is 3.51. The summed E-state index contributed by atoms with van der Waals surface area (Å²) in [5.41, 5.74) is 1.56. The third-order valence-electron chi connectivity index (χ3n) is 3.58. The predicted molar refractivity (Wildman–Crippen MR) is 82.9 cm³/mol. The molecule has 0 bridgehead atoms. The zero-order chi connectivity index (χ0) is 16.5. The number of nitrogens with one attached hydrogen (secondary N) is 1. The maximum atomic E-state index is 11.9. The van der Waals surface area contributed by atoms with Crippen LogP contribution in [0.3, 0.4) is 0 Å². The Labute approximate surface area is 131 Å². The van der Waals surface area contributed by atoms with Crippen molar-refractivity contribution in [2.75, 3.05) is 20.2 Å². The van der Waals surface area contributed by atoms with Crippen molar-refractivity contribution in [3.8, 4) is 5.88 Å². The lowest BCUT2D eigenvalue weighted by Gasteiger charge is -2.40. The summed E-state index contributed by atoms with van der Waals surface area (Å²) in [4.78, 5) is 13.6. The van der Waals surface area contributed by atoms with E-state index in [9.17, 15) is 4.79 Å². The second kappa shape index (κ2) is 6.16. The number of aromatic nitrogens is 2. The molecule has 0 aromatic carbocycles. The standard InChI is InChI=1S/C15H26N4O3/c1-10-12(13(21-6)18(5)17-10)7-16-11-8-19(9-11)14(20)22-15(2,3)4/h11,16H,7-9H2,1-6H3. The van der Waals surface area contributed by atoms with Gasteiger partial charge in [-0.15, -0.1) is 0 Å². The highest BCUT2D eigenvalue weighted by atomic mass is 16.6. The van der Waals surface area contributed by atoms with Crippen molar-refractivity contribution in [2.24, 2.45) is 7.05 Å². The van der Waals surface area contributed by atoms with Crippen LogP contribution in [-0.4, -0.2) is 52.6 Å². The quantitative estimate of drug-likeness (QED) is 0.911. The van der Waals surface area contributed by atoms with E-state index in [4.69, 9.17) is 9.47 Å². The molecule has 2 rings (SSSR count). The second-order valence-corrected chi connectivity index (χ2v) is 6.66. The van der Waals surface area contributed by atoms with Gasteiger partial charge in [0.25, 0.3) is 0 Å². The first-order valence-corrected chi connectivity index (χ1v) is 7.49. The van der Waals surface area contributed by atoms with Crippen LogP contribution in [0.5, 0.6) is 5.88 Å². The molecule has 22 heavy (non-hydrogen) atoms. The molecule has 1 aromatic rings. The summed E-state index contributed by atoms with van der Waals surface area (Å²) in [6.07, 6.45) is -0.249. The molecule has 1 fully saturated rings. The third kappa shape index (κ3) is 3.71. The number of ether oxygens (including phenoxy) is 2. The predicted octanol–water partition coefficient (Wildman–Crippen LogP) is 1.45. The van der Waals surface area contributed by atoms with Gasteiger partial charge in [-0.25, -0.2) is 9.48 Å². The van der Waals surface area contributed by atoms with E-state index in [-0.39, 0.29) is 12.1 Å². The molecule has 1 N–H and O–H groups in total. The lowest BCUT2D eigenvalue weighted by atomic mass is 10.1.